The predicted octanol–water partition coefficient (Wildman–Crippen LogP) is 7.27. The quantitative estimate of drug-likeness (QED) is 0.105. The number of nitrogens with two attached hydrogens (primary N) is 2. The van der Waals surface area contributed by atoms with Crippen LogP contribution in [0.1, 0.15) is 104 Å². The number of aromatic nitrogens is 6. The van der Waals surface area contributed by atoms with Crippen molar-refractivity contribution in [3.63, 3.8) is 0 Å². The van der Waals surface area contributed by atoms with Crippen molar-refractivity contribution in [2.24, 2.45) is 11.8 Å². The van der Waals surface area contributed by atoms with E-state index in [-0.39, 0.29) is 5.48 Å². The normalized spacial score (nSPS) is 12.9. The number of hydrogen-bond donors (Lipinski definition) is 4. The number of rotatable bonds is 12. The van der Waals surface area contributed by atoms with E-state index in [1.165, 1.54) is 0 Å². The maximum Gasteiger partial charge on any atom is 0.152 e. The molecule has 0 radical (unpaired) electrons. The molecule has 0 aliphatic rings. The average molecular weight is 671 g/mol. The topological polar surface area (TPSA) is 185 Å². The summed E-state index contributed by atoms with van der Waals surface area (Å²) in [5, 5.41) is 23.4. The highest BCUT2D eigenvalue weighted by molar-refractivity contribution is 6.07. The summed E-state index contributed by atoms with van der Waals surface area (Å²) in [5.41, 5.74) is 17.4. The Kier molecular flexibility index (Phi) is 12.5. The molecule has 2 unspecified atom stereocenters. The van der Waals surface area contributed by atoms with E-state index in [9.17, 15) is 10.2 Å². The number of aliphatic hydroxyl groups is 2. The van der Waals surface area contributed by atoms with Gasteiger partial charge in [0.15, 0.2) is 11.6 Å². The number of unbranched alkanes of at least 4 members (excludes halogenated alkanes) is 2. The number of aliphatic hydroxyl groups excluding tert-OH is 2. The second-order valence-electron chi connectivity index (χ2n) is 13.7. The zero-order valence-corrected chi connectivity index (χ0v) is 29.8. The lowest BCUT2D eigenvalue weighted by atomic mass is 10.1. The lowest BCUT2D eigenvalue weighted by Gasteiger charge is -2.16. The van der Waals surface area contributed by atoms with Gasteiger partial charge in [-0.3, -0.25) is 0 Å². The van der Waals surface area contributed by atoms with E-state index in [0.29, 0.717) is 59.0 Å². The van der Waals surface area contributed by atoms with Crippen molar-refractivity contribution in [3.05, 3.63) is 60.2 Å². The van der Waals surface area contributed by atoms with Gasteiger partial charge in [-0.1, -0.05) is 104 Å². The van der Waals surface area contributed by atoms with Gasteiger partial charge in [0.05, 0.1) is 22.1 Å². The molecule has 0 fully saturated rings. The third kappa shape index (κ3) is 7.95. The fourth-order valence-corrected chi connectivity index (χ4v) is 6.41. The summed E-state index contributed by atoms with van der Waals surface area (Å²) in [6.07, 6.45) is 4.32. The first-order valence-electron chi connectivity index (χ1n) is 17.5. The minimum atomic E-state index is -0.575. The van der Waals surface area contributed by atoms with Crippen molar-refractivity contribution in [3.8, 4) is 0 Å². The first-order chi connectivity index (χ1) is 23.0. The van der Waals surface area contributed by atoms with E-state index in [1.807, 2.05) is 48.5 Å². The van der Waals surface area contributed by atoms with Gasteiger partial charge in [-0.15, -0.1) is 0 Å². The van der Waals surface area contributed by atoms with E-state index >= 15 is 0 Å². The first-order valence-corrected chi connectivity index (χ1v) is 17.5. The maximum atomic E-state index is 10.7. The zero-order valence-electron chi connectivity index (χ0n) is 29.8. The van der Waals surface area contributed by atoms with E-state index in [4.69, 9.17) is 21.4 Å². The monoisotopic (exact) mass is 670 g/mol. The molecule has 2 atom stereocenters. The third-order valence-corrected chi connectivity index (χ3v) is 8.63. The van der Waals surface area contributed by atoms with Crippen molar-refractivity contribution in [1.29, 1.82) is 0 Å². The summed E-state index contributed by atoms with van der Waals surface area (Å²) < 4.78 is 4.28. The van der Waals surface area contributed by atoms with Gasteiger partial charge in [0.1, 0.15) is 34.9 Å². The van der Waals surface area contributed by atoms with E-state index in [1.54, 1.807) is 0 Å². The summed E-state index contributed by atoms with van der Waals surface area (Å²) in [5.74, 6) is 3.14. The van der Waals surface area contributed by atoms with Gasteiger partial charge in [0.2, 0.25) is 0 Å². The molecule has 49 heavy (non-hydrogen) atoms. The molecule has 11 nitrogen and oxygen atoms in total. The van der Waals surface area contributed by atoms with Gasteiger partial charge < -0.3 is 36.3 Å². The van der Waals surface area contributed by atoms with Gasteiger partial charge in [-0.2, -0.15) is 0 Å². The van der Waals surface area contributed by atoms with Crippen molar-refractivity contribution in [1.82, 2.24) is 29.1 Å². The second-order valence-corrected chi connectivity index (χ2v) is 13.7. The molecule has 0 aliphatic heterocycles. The molecule has 11 heteroatoms. The molecule has 2 aromatic carbocycles. The highest BCUT2D eigenvalue weighted by atomic mass is 16.3. The number of benzene rings is 2. The molecule has 0 amide bonds. The Morgan fingerprint density at radius 1 is 0.612 bits per heavy atom. The number of para-hydroxylation sites is 2. The number of imidazole rings is 2. The second kappa shape index (κ2) is 16.4. The van der Waals surface area contributed by atoms with Crippen LogP contribution in [0.2, 0.25) is 0 Å². The van der Waals surface area contributed by atoms with Crippen LogP contribution in [0.3, 0.4) is 0 Å². The highest BCUT2D eigenvalue weighted by Crippen LogP contribution is 2.34. The Hall–Kier alpha value is -4.32. The number of fused-ring (bicyclic) bond motifs is 6. The van der Waals surface area contributed by atoms with Gasteiger partial charge in [-0.05, 0) is 36.8 Å². The van der Waals surface area contributed by atoms with Gasteiger partial charge in [0.25, 0.3) is 0 Å². The molecule has 264 valence electrons. The highest BCUT2D eigenvalue weighted by Gasteiger charge is 2.23. The minimum Gasteiger partial charge on any atom is -0.412 e. The number of nitrogen functional groups attached to an aromatic ring is 2. The van der Waals surface area contributed by atoms with Crippen LogP contribution >= 0.6 is 0 Å². The maximum absolute atomic E-state index is 10.7. The lowest BCUT2D eigenvalue weighted by molar-refractivity contribution is 0.149. The van der Waals surface area contributed by atoms with E-state index in [0.717, 1.165) is 71.6 Å². The molecule has 8 N–H and O–H groups in total. The molecule has 0 aliphatic carbocycles. The molecular weight excluding hydrogens is 616 g/mol. The SMILES string of the molecule is CCCCC(O)c1nc2c(N)nc3ccccc3c2n1CC(C)C.CCCCC(O)c1nc2c(N)nc3ccccc3c2n1CC(C)C.O. The van der Waals surface area contributed by atoms with E-state index < -0.39 is 12.2 Å². The Balaban J connectivity index is 0.000000216. The average Bonchev–Trinajstić information content (AvgIpc) is 3.63. The van der Waals surface area contributed by atoms with Gasteiger partial charge in [-0.25, -0.2) is 19.9 Å². The molecule has 0 saturated carbocycles. The van der Waals surface area contributed by atoms with Crippen LogP contribution in [0.5, 0.6) is 0 Å². The number of anilines is 2. The lowest BCUT2D eigenvalue weighted by Crippen LogP contribution is -2.12. The Morgan fingerprint density at radius 3 is 1.33 bits per heavy atom. The molecule has 4 heterocycles. The predicted molar refractivity (Wildman–Crippen MR) is 201 cm³/mol. The minimum absolute atomic E-state index is 0. The van der Waals surface area contributed by atoms with Crippen LogP contribution in [-0.4, -0.2) is 44.8 Å². The fourth-order valence-electron chi connectivity index (χ4n) is 6.41. The molecule has 0 bridgehead atoms. The van der Waals surface area contributed by atoms with Crippen LogP contribution < -0.4 is 11.5 Å². The number of hydrogen-bond acceptors (Lipinski definition) is 8. The molecule has 6 aromatic rings. The van der Waals surface area contributed by atoms with Crippen molar-refractivity contribution >= 4 is 55.5 Å². The van der Waals surface area contributed by atoms with Gasteiger partial charge in [0, 0.05) is 23.9 Å². The van der Waals surface area contributed by atoms with Gasteiger partial charge >= 0.3 is 0 Å². The molecule has 4 aromatic heterocycles. The molecule has 0 saturated heterocycles. The number of nitrogens with zero attached hydrogens (tertiary/aromatic N) is 6. The van der Waals surface area contributed by atoms with Crippen molar-refractivity contribution in [2.45, 2.75) is 105 Å². The molecular formula is C38H54N8O3. The van der Waals surface area contributed by atoms with E-state index in [2.05, 4.69) is 60.6 Å². The summed E-state index contributed by atoms with van der Waals surface area (Å²) in [4.78, 5) is 18.3. The van der Waals surface area contributed by atoms with Crippen LogP contribution in [0.25, 0.3) is 43.9 Å². The van der Waals surface area contributed by atoms with Crippen LogP contribution in [0.15, 0.2) is 48.5 Å². The fraction of sp³-hybridized carbons (Fsp3) is 0.474. The Labute approximate surface area is 288 Å². The Bertz CT molecular complexity index is 1850. The molecule has 6 rings (SSSR count). The largest absolute Gasteiger partial charge is 0.412 e. The standard InChI is InChI=1S/2C19H26N4O.H2O/c2*1-4-5-10-15(24)19-22-16-17(23(19)11-12(2)3)13-8-6-7-9-14(13)21-18(16)20;/h2*6-9,12,15,24H,4-5,10-11H2,1-3H3,(H2,20,21);1H2. The summed E-state index contributed by atoms with van der Waals surface area (Å²) in [6.45, 7) is 14.5. The first kappa shape index (κ1) is 37.5. The zero-order chi connectivity index (χ0) is 34.5. The summed E-state index contributed by atoms with van der Waals surface area (Å²) in [6, 6.07) is 15.9. The van der Waals surface area contributed by atoms with Crippen LogP contribution in [-0.2, 0) is 13.1 Å². The summed E-state index contributed by atoms with van der Waals surface area (Å²) >= 11 is 0. The van der Waals surface area contributed by atoms with Crippen LogP contribution in [0.4, 0.5) is 11.6 Å². The summed E-state index contributed by atoms with van der Waals surface area (Å²) in [7, 11) is 0. The molecule has 0 spiro atoms. The smallest absolute Gasteiger partial charge is 0.152 e. The number of pyridine rings is 2. The third-order valence-electron chi connectivity index (χ3n) is 8.63. The van der Waals surface area contributed by atoms with Crippen molar-refractivity contribution in [2.75, 3.05) is 11.5 Å². The van der Waals surface area contributed by atoms with Crippen LogP contribution in [0, 0.1) is 11.8 Å². The van der Waals surface area contributed by atoms with Crippen molar-refractivity contribution < 1.29 is 15.7 Å². The Morgan fingerprint density at radius 2 is 0.980 bits per heavy atom.